The Balaban J connectivity index is 2.52. The van der Waals surface area contributed by atoms with Crippen molar-refractivity contribution in [2.45, 2.75) is 30.8 Å². The van der Waals surface area contributed by atoms with E-state index >= 15 is 0 Å². The molecule has 0 amide bonds. The third kappa shape index (κ3) is 2.18. The molecule has 0 heterocycles. The van der Waals surface area contributed by atoms with E-state index in [1.807, 2.05) is 0 Å². The molecule has 1 fully saturated rings. The Hall–Kier alpha value is -1.62. The third-order valence-electron chi connectivity index (χ3n) is 3.62. The first-order valence-electron chi connectivity index (χ1n) is 5.99. The standard InChI is InChI=1S/C14H17FO4/c1-13(17)7-14(8-13,12(16)19-3)10-6-9(15)4-5-11(10)18-2/h4-6,17H,7-8H2,1-3H3. The normalized spacial score (nSPS) is 29.5. The summed E-state index contributed by atoms with van der Waals surface area (Å²) in [6, 6.07) is 4.01. The summed E-state index contributed by atoms with van der Waals surface area (Å²) < 4.78 is 23.5. The van der Waals surface area contributed by atoms with Gasteiger partial charge in [0.15, 0.2) is 0 Å². The lowest BCUT2D eigenvalue weighted by Crippen LogP contribution is -2.57. The molecule has 0 radical (unpaired) electrons. The fourth-order valence-corrected chi connectivity index (χ4v) is 2.94. The smallest absolute Gasteiger partial charge is 0.316 e. The Morgan fingerprint density at radius 3 is 2.47 bits per heavy atom. The summed E-state index contributed by atoms with van der Waals surface area (Å²) in [5.41, 5.74) is -1.56. The van der Waals surface area contributed by atoms with Crippen LogP contribution in [0, 0.1) is 5.82 Å². The van der Waals surface area contributed by atoms with Gasteiger partial charge in [-0.2, -0.15) is 0 Å². The Bertz CT molecular complexity index is 502. The highest BCUT2D eigenvalue weighted by atomic mass is 19.1. The van der Waals surface area contributed by atoms with Crippen LogP contribution in [-0.2, 0) is 14.9 Å². The zero-order valence-electron chi connectivity index (χ0n) is 11.2. The van der Waals surface area contributed by atoms with E-state index in [1.165, 1.54) is 32.4 Å². The number of benzene rings is 1. The maximum atomic E-state index is 13.5. The SMILES string of the molecule is COC(=O)C1(c2cc(F)ccc2OC)CC(C)(O)C1. The second kappa shape index (κ2) is 4.49. The monoisotopic (exact) mass is 268 g/mol. The highest BCUT2D eigenvalue weighted by Crippen LogP contribution is 2.53. The molecule has 0 spiro atoms. The Labute approximate surface area is 111 Å². The van der Waals surface area contributed by atoms with Crippen LogP contribution in [0.3, 0.4) is 0 Å². The molecule has 19 heavy (non-hydrogen) atoms. The highest BCUT2D eigenvalue weighted by Gasteiger charge is 2.59. The number of ether oxygens (including phenoxy) is 2. The predicted octanol–water partition coefficient (Wildman–Crippen LogP) is 1.79. The summed E-state index contributed by atoms with van der Waals surface area (Å²) in [5.74, 6) is -0.518. The minimum atomic E-state index is -1.04. The average Bonchev–Trinajstić information content (AvgIpc) is 2.34. The van der Waals surface area contributed by atoms with Crippen LogP contribution in [0.2, 0.25) is 0 Å². The van der Waals surface area contributed by atoms with Gasteiger partial charge < -0.3 is 14.6 Å². The molecule has 0 atom stereocenters. The van der Waals surface area contributed by atoms with Gasteiger partial charge in [0.1, 0.15) is 17.0 Å². The number of carbonyl (C=O) groups excluding carboxylic acids is 1. The van der Waals surface area contributed by atoms with Gasteiger partial charge in [-0.15, -0.1) is 0 Å². The van der Waals surface area contributed by atoms with Crippen molar-refractivity contribution in [3.8, 4) is 5.75 Å². The summed E-state index contributed by atoms with van der Waals surface area (Å²) in [4.78, 5) is 12.1. The van der Waals surface area contributed by atoms with Crippen LogP contribution in [0.5, 0.6) is 5.75 Å². The van der Waals surface area contributed by atoms with Crippen molar-refractivity contribution < 1.29 is 23.8 Å². The van der Waals surface area contributed by atoms with Gasteiger partial charge in [-0.05, 0) is 38.0 Å². The molecule has 0 unspecified atom stereocenters. The molecule has 1 N–H and O–H groups in total. The van der Waals surface area contributed by atoms with Crippen molar-refractivity contribution in [2.24, 2.45) is 0 Å². The quantitative estimate of drug-likeness (QED) is 0.849. The summed E-state index contributed by atoms with van der Waals surface area (Å²) in [6.07, 6.45) is 0.374. The molecule has 0 saturated heterocycles. The van der Waals surface area contributed by atoms with Crippen LogP contribution in [0.1, 0.15) is 25.3 Å². The fourth-order valence-electron chi connectivity index (χ4n) is 2.94. The minimum absolute atomic E-state index is 0.187. The van der Waals surface area contributed by atoms with E-state index in [-0.39, 0.29) is 12.8 Å². The molecular weight excluding hydrogens is 251 g/mol. The molecule has 1 aliphatic rings. The van der Waals surface area contributed by atoms with Crippen LogP contribution in [0.25, 0.3) is 0 Å². The summed E-state index contributed by atoms with van der Waals surface area (Å²) in [7, 11) is 2.74. The molecular formula is C14H17FO4. The molecule has 4 nitrogen and oxygen atoms in total. The Morgan fingerprint density at radius 1 is 1.37 bits per heavy atom. The van der Waals surface area contributed by atoms with E-state index in [0.29, 0.717) is 11.3 Å². The zero-order chi connectivity index (χ0) is 14.3. The number of esters is 1. The molecule has 1 aromatic rings. The zero-order valence-corrected chi connectivity index (χ0v) is 11.2. The van der Waals surface area contributed by atoms with Crippen molar-refractivity contribution >= 4 is 5.97 Å². The largest absolute Gasteiger partial charge is 0.496 e. The van der Waals surface area contributed by atoms with Crippen molar-refractivity contribution in [1.82, 2.24) is 0 Å². The van der Waals surface area contributed by atoms with Gasteiger partial charge >= 0.3 is 5.97 Å². The number of aliphatic hydroxyl groups is 1. The Kier molecular flexibility index (Phi) is 3.26. The fraction of sp³-hybridized carbons (Fsp3) is 0.500. The number of rotatable bonds is 3. The van der Waals surface area contributed by atoms with Gasteiger partial charge in [-0.3, -0.25) is 4.79 Å². The molecule has 1 aliphatic carbocycles. The van der Waals surface area contributed by atoms with Gasteiger partial charge in [-0.25, -0.2) is 4.39 Å². The van der Waals surface area contributed by atoms with Gasteiger partial charge in [0.2, 0.25) is 0 Å². The van der Waals surface area contributed by atoms with Gasteiger partial charge in [0.25, 0.3) is 0 Å². The van der Waals surface area contributed by atoms with E-state index < -0.39 is 22.8 Å². The maximum absolute atomic E-state index is 13.5. The van der Waals surface area contributed by atoms with Crippen molar-refractivity contribution in [2.75, 3.05) is 14.2 Å². The molecule has 0 aliphatic heterocycles. The molecule has 104 valence electrons. The molecule has 1 saturated carbocycles. The molecule has 2 rings (SSSR count). The van der Waals surface area contributed by atoms with Crippen molar-refractivity contribution in [3.05, 3.63) is 29.6 Å². The maximum Gasteiger partial charge on any atom is 0.316 e. The molecule has 0 bridgehead atoms. The predicted molar refractivity (Wildman–Crippen MR) is 66.5 cm³/mol. The second-order valence-electron chi connectivity index (χ2n) is 5.27. The Morgan fingerprint density at radius 2 is 2.00 bits per heavy atom. The van der Waals surface area contributed by atoms with E-state index in [1.54, 1.807) is 6.92 Å². The van der Waals surface area contributed by atoms with Crippen LogP contribution >= 0.6 is 0 Å². The van der Waals surface area contributed by atoms with Crippen LogP contribution < -0.4 is 4.74 Å². The van der Waals surface area contributed by atoms with Crippen LogP contribution in [0.15, 0.2) is 18.2 Å². The number of methoxy groups -OCH3 is 2. The van der Waals surface area contributed by atoms with Crippen LogP contribution in [0.4, 0.5) is 4.39 Å². The van der Waals surface area contributed by atoms with Gasteiger partial charge in [0, 0.05) is 5.56 Å². The summed E-state index contributed by atoms with van der Waals surface area (Å²) in [6.45, 7) is 1.64. The number of hydrogen-bond acceptors (Lipinski definition) is 4. The van der Waals surface area contributed by atoms with E-state index in [9.17, 15) is 14.3 Å². The first kappa shape index (κ1) is 13.8. The first-order valence-corrected chi connectivity index (χ1v) is 5.99. The number of hydrogen-bond donors (Lipinski definition) is 1. The van der Waals surface area contributed by atoms with E-state index in [2.05, 4.69) is 0 Å². The average molecular weight is 268 g/mol. The minimum Gasteiger partial charge on any atom is -0.496 e. The number of halogens is 1. The lowest BCUT2D eigenvalue weighted by molar-refractivity contribution is -0.166. The second-order valence-corrected chi connectivity index (χ2v) is 5.27. The first-order chi connectivity index (χ1) is 8.84. The topological polar surface area (TPSA) is 55.8 Å². The van der Waals surface area contributed by atoms with Crippen molar-refractivity contribution in [1.29, 1.82) is 0 Å². The van der Waals surface area contributed by atoms with Crippen LogP contribution in [-0.4, -0.2) is 30.9 Å². The number of carbonyl (C=O) groups is 1. The van der Waals surface area contributed by atoms with E-state index in [4.69, 9.17) is 9.47 Å². The lowest BCUT2D eigenvalue weighted by Gasteiger charge is -2.50. The highest BCUT2D eigenvalue weighted by molar-refractivity contribution is 5.86. The molecule has 1 aromatic carbocycles. The third-order valence-corrected chi connectivity index (χ3v) is 3.62. The lowest BCUT2D eigenvalue weighted by atomic mass is 9.56. The van der Waals surface area contributed by atoms with E-state index in [0.717, 1.165) is 0 Å². The summed E-state index contributed by atoms with van der Waals surface area (Å²) >= 11 is 0. The molecule has 5 heteroatoms. The summed E-state index contributed by atoms with van der Waals surface area (Å²) in [5, 5.41) is 9.95. The van der Waals surface area contributed by atoms with Gasteiger partial charge in [0.05, 0.1) is 19.8 Å². The van der Waals surface area contributed by atoms with Gasteiger partial charge in [-0.1, -0.05) is 0 Å². The van der Waals surface area contributed by atoms with Crippen molar-refractivity contribution in [3.63, 3.8) is 0 Å². The molecule has 0 aromatic heterocycles.